The molecule has 0 bridgehead atoms. The molecule has 1 aromatic heterocycles. The van der Waals surface area contributed by atoms with Crippen molar-refractivity contribution in [3.63, 3.8) is 0 Å². The standard InChI is InChI=1S/C49H33NSSi/c1-4-17-34(18-5-1)52(35-19-6-2-7-20-35,36-21-8-3-9-22-36)37-31-32-40-45(33-37)50-44-28-13-10-23-38(44)39-24-16-27-43(48(39)50)49(40)41-25-11-14-29-46(41)51-47-30-15-12-26-42(47)49/h1-33H. The Balaban J connectivity index is 1.35. The Kier molecular flexibility index (Phi) is 6.49. The van der Waals surface area contributed by atoms with Crippen molar-refractivity contribution >= 4 is 62.4 Å². The van der Waals surface area contributed by atoms with Crippen molar-refractivity contribution < 1.29 is 0 Å². The van der Waals surface area contributed by atoms with E-state index in [-0.39, 0.29) is 0 Å². The van der Waals surface area contributed by atoms with Gasteiger partial charge >= 0.3 is 0 Å². The molecule has 0 atom stereocenters. The lowest BCUT2D eigenvalue weighted by Gasteiger charge is -2.46. The Hall–Kier alpha value is -5.87. The fourth-order valence-electron chi connectivity index (χ4n) is 9.62. The molecular formula is C49H33NSSi. The largest absolute Gasteiger partial charge is 0.309 e. The van der Waals surface area contributed by atoms with Crippen LogP contribution in [0.3, 0.4) is 0 Å². The summed E-state index contributed by atoms with van der Waals surface area (Å²) in [6, 6.07) is 75.6. The van der Waals surface area contributed by atoms with Gasteiger partial charge in [0.25, 0.3) is 0 Å². The average Bonchev–Trinajstić information content (AvgIpc) is 3.56. The molecular weight excluding hydrogens is 663 g/mol. The Morgan fingerprint density at radius 3 is 1.50 bits per heavy atom. The van der Waals surface area contributed by atoms with Gasteiger partial charge in [0.05, 0.1) is 22.1 Å². The van der Waals surface area contributed by atoms with Crippen LogP contribution in [0.25, 0.3) is 27.5 Å². The fraction of sp³-hybridized carbons (Fsp3) is 0.0204. The number of fused-ring (bicyclic) bond motifs is 11. The molecule has 0 radical (unpaired) electrons. The molecule has 2 aliphatic rings. The van der Waals surface area contributed by atoms with Gasteiger partial charge in [-0.05, 0) is 67.3 Å². The summed E-state index contributed by atoms with van der Waals surface area (Å²) in [5, 5.41) is 8.11. The number of nitrogens with zero attached hydrogens (tertiary/aromatic N) is 1. The zero-order valence-corrected chi connectivity index (χ0v) is 30.2. The molecule has 52 heavy (non-hydrogen) atoms. The van der Waals surface area contributed by atoms with Crippen LogP contribution in [0.2, 0.25) is 0 Å². The van der Waals surface area contributed by atoms with Gasteiger partial charge in [0, 0.05) is 20.6 Å². The highest BCUT2D eigenvalue weighted by Crippen LogP contribution is 2.60. The number of benzene rings is 8. The predicted octanol–water partition coefficient (Wildman–Crippen LogP) is 9.32. The molecule has 0 unspecified atom stereocenters. The van der Waals surface area contributed by atoms with E-state index in [1.54, 1.807) is 0 Å². The van der Waals surface area contributed by atoms with Crippen molar-refractivity contribution in [3.05, 3.63) is 222 Å². The van der Waals surface area contributed by atoms with Crippen LogP contribution in [0.15, 0.2) is 210 Å². The number of rotatable bonds is 4. The first-order chi connectivity index (χ1) is 25.8. The first-order valence-electron chi connectivity index (χ1n) is 18.0. The highest BCUT2D eigenvalue weighted by molar-refractivity contribution is 7.99. The van der Waals surface area contributed by atoms with E-state index < -0.39 is 13.5 Å². The van der Waals surface area contributed by atoms with E-state index in [0.717, 1.165) is 0 Å². The first kappa shape index (κ1) is 29.8. The minimum Gasteiger partial charge on any atom is -0.309 e. The molecule has 1 spiro atoms. The highest BCUT2D eigenvalue weighted by atomic mass is 32.2. The minimum atomic E-state index is -2.80. The zero-order valence-electron chi connectivity index (χ0n) is 28.4. The molecule has 3 heterocycles. The lowest BCUT2D eigenvalue weighted by atomic mass is 9.63. The van der Waals surface area contributed by atoms with Gasteiger partial charge in [0.15, 0.2) is 8.07 Å². The normalized spacial score (nSPS) is 13.8. The molecule has 244 valence electrons. The summed E-state index contributed by atoms with van der Waals surface area (Å²) in [4.78, 5) is 2.64. The smallest absolute Gasteiger partial charge is 0.179 e. The third-order valence-corrected chi connectivity index (χ3v) is 17.5. The van der Waals surface area contributed by atoms with Gasteiger partial charge in [0.2, 0.25) is 0 Å². The summed E-state index contributed by atoms with van der Waals surface area (Å²) in [7, 11) is -2.80. The topological polar surface area (TPSA) is 4.93 Å². The quantitative estimate of drug-likeness (QED) is 0.131. The number of hydrogen-bond donors (Lipinski definition) is 0. The van der Waals surface area contributed by atoms with Crippen molar-refractivity contribution in [2.45, 2.75) is 15.2 Å². The molecule has 11 rings (SSSR count). The van der Waals surface area contributed by atoms with E-state index in [1.165, 1.54) is 80.3 Å². The van der Waals surface area contributed by atoms with Crippen molar-refractivity contribution in [2.75, 3.05) is 0 Å². The van der Waals surface area contributed by atoms with Crippen LogP contribution in [0.4, 0.5) is 0 Å². The third-order valence-electron chi connectivity index (χ3n) is 11.6. The lowest BCUT2D eigenvalue weighted by molar-refractivity contribution is 0.690. The summed E-state index contributed by atoms with van der Waals surface area (Å²) >= 11 is 1.90. The molecule has 3 heteroatoms. The number of hydrogen-bond acceptors (Lipinski definition) is 1. The van der Waals surface area contributed by atoms with E-state index in [9.17, 15) is 0 Å². The van der Waals surface area contributed by atoms with E-state index in [0.29, 0.717) is 0 Å². The summed E-state index contributed by atoms with van der Waals surface area (Å²) in [6.07, 6.45) is 0. The molecule has 9 aromatic rings. The zero-order chi connectivity index (χ0) is 34.3. The second-order valence-electron chi connectivity index (χ2n) is 14.0. The van der Waals surface area contributed by atoms with Crippen molar-refractivity contribution in [1.29, 1.82) is 0 Å². The van der Waals surface area contributed by atoms with Crippen molar-refractivity contribution in [2.24, 2.45) is 0 Å². The summed E-state index contributed by atoms with van der Waals surface area (Å²) < 4.78 is 2.59. The summed E-state index contributed by atoms with van der Waals surface area (Å²) in [5.41, 5.74) is 8.70. The van der Waals surface area contributed by atoms with E-state index >= 15 is 0 Å². The average molecular weight is 696 g/mol. The second-order valence-corrected chi connectivity index (χ2v) is 18.9. The molecule has 0 saturated carbocycles. The van der Waals surface area contributed by atoms with Crippen LogP contribution >= 0.6 is 11.8 Å². The summed E-state index contributed by atoms with van der Waals surface area (Å²) in [6.45, 7) is 0. The third kappa shape index (κ3) is 3.84. The van der Waals surface area contributed by atoms with Crippen LogP contribution in [0.1, 0.15) is 22.3 Å². The molecule has 8 aromatic carbocycles. The van der Waals surface area contributed by atoms with Crippen LogP contribution in [0, 0.1) is 0 Å². The maximum Gasteiger partial charge on any atom is 0.179 e. The second kappa shape index (κ2) is 11.3. The summed E-state index contributed by atoms with van der Waals surface area (Å²) in [5.74, 6) is 0. The molecule has 0 N–H and O–H groups in total. The molecule has 1 nitrogen and oxygen atoms in total. The molecule has 0 amide bonds. The van der Waals surface area contributed by atoms with Gasteiger partial charge in [-0.1, -0.05) is 188 Å². The van der Waals surface area contributed by atoms with E-state index in [1.807, 2.05) is 11.8 Å². The first-order valence-corrected chi connectivity index (χ1v) is 20.8. The van der Waals surface area contributed by atoms with Crippen LogP contribution in [-0.2, 0) is 5.41 Å². The van der Waals surface area contributed by atoms with Crippen molar-refractivity contribution in [3.8, 4) is 5.69 Å². The highest BCUT2D eigenvalue weighted by Gasteiger charge is 2.50. The minimum absolute atomic E-state index is 0.493. The van der Waals surface area contributed by atoms with Crippen LogP contribution in [-0.4, -0.2) is 12.6 Å². The number of aromatic nitrogens is 1. The predicted molar refractivity (Wildman–Crippen MR) is 220 cm³/mol. The Morgan fingerprint density at radius 2 is 0.885 bits per heavy atom. The van der Waals surface area contributed by atoms with Gasteiger partial charge in [-0.3, -0.25) is 0 Å². The van der Waals surface area contributed by atoms with E-state index in [2.05, 4.69) is 205 Å². The van der Waals surface area contributed by atoms with Crippen LogP contribution < -0.4 is 20.7 Å². The molecule has 0 saturated heterocycles. The monoisotopic (exact) mass is 695 g/mol. The van der Waals surface area contributed by atoms with Crippen molar-refractivity contribution in [1.82, 2.24) is 4.57 Å². The Labute approximate surface area is 308 Å². The van der Waals surface area contributed by atoms with E-state index in [4.69, 9.17) is 0 Å². The number of para-hydroxylation sites is 2. The maximum absolute atomic E-state index is 2.80. The van der Waals surface area contributed by atoms with Gasteiger partial charge in [-0.15, -0.1) is 0 Å². The Bertz CT molecular complexity index is 2680. The van der Waals surface area contributed by atoms with Gasteiger partial charge in [0.1, 0.15) is 0 Å². The Morgan fingerprint density at radius 1 is 0.385 bits per heavy atom. The van der Waals surface area contributed by atoms with Gasteiger partial charge in [-0.2, -0.15) is 0 Å². The maximum atomic E-state index is 2.59. The molecule has 0 aliphatic carbocycles. The van der Waals surface area contributed by atoms with Gasteiger partial charge in [-0.25, -0.2) is 0 Å². The lowest BCUT2D eigenvalue weighted by Crippen LogP contribution is -2.74. The molecule has 2 aliphatic heterocycles. The SMILES string of the molecule is c1ccc([Si](c2ccccc2)(c2ccccc2)c2ccc3c(c2)-n2c4ccccc4c4cccc(c42)C32c3ccccc3Sc3ccccc32)cc1. The van der Waals surface area contributed by atoms with Gasteiger partial charge < -0.3 is 4.57 Å². The molecule has 0 fully saturated rings. The van der Waals surface area contributed by atoms with Crippen LogP contribution in [0.5, 0.6) is 0 Å². The fourth-order valence-corrected chi connectivity index (χ4v) is 15.6.